The number of ether oxygens (including phenoxy) is 1. The predicted molar refractivity (Wildman–Crippen MR) is 97.3 cm³/mol. The third-order valence-corrected chi connectivity index (χ3v) is 5.00. The summed E-state index contributed by atoms with van der Waals surface area (Å²) in [5.41, 5.74) is 1.31. The lowest BCUT2D eigenvalue weighted by molar-refractivity contribution is 0.0102. The van der Waals surface area contributed by atoms with E-state index in [1.165, 1.54) is 5.56 Å². The summed E-state index contributed by atoms with van der Waals surface area (Å²) in [6, 6.07) is 10.6. The van der Waals surface area contributed by atoms with Crippen molar-refractivity contribution >= 4 is 0 Å². The van der Waals surface area contributed by atoms with Gasteiger partial charge in [-0.15, -0.1) is 0 Å². The van der Waals surface area contributed by atoms with Gasteiger partial charge >= 0.3 is 0 Å². The van der Waals surface area contributed by atoms with Gasteiger partial charge in [-0.05, 0) is 31.9 Å². The number of likely N-dealkylation sites (tertiary alicyclic amines) is 1. The molecule has 0 saturated carbocycles. The van der Waals surface area contributed by atoms with E-state index in [1.807, 2.05) is 6.20 Å². The summed E-state index contributed by atoms with van der Waals surface area (Å²) < 4.78 is 8.33. The Morgan fingerprint density at radius 3 is 2.71 bits per heavy atom. The molecule has 1 unspecified atom stereocenters. The Morgan fingerprint density at radius 2 is 1.96 bits per heavy atom. The highest BCUT2D eigenvalue weighted by atomic mass is 16.5. The Morgan fingerprint density at radius 1 is 1.21 bits per heavy atom. The molecule has 4 heteroatoms. The molecule has 3 rings (SSSR count). The van der Waals surface area contributed by atoms with Gasteiger partial charge in [0.05, 0.1) is 6.10 Å². The maximum Gasteiger partial charge on any atom is 0.115 e. The molecule has 0 N–H and O–H groups in total. The predicted octanol–water partition coefficient (Wildman–Crippen LogP) is 3.54. The zero-order valence-electron chi connectivity index (χ0n) is 14.9. The third kappa shape index (κ3) is 4.46. The van der Waals surface area contributed by atoms with E-state index in [0.29, 0.717) is 12.0 Å². The van der Waals surface area contributed by atoms with Crippen molar-refractivity contribution in [2.45, 2.75) is 44.8 Å². The van der Waals surface area contributed by atoms with Crippen LogP contribution in [0.2, 0.25) is 0 Å². The van der Waals surface area contributed by atoms with Gasteiger partial charge < -0.3 is 14.2 Å². The third-order valence-electron chi connectivity index (χ3n) is 5.00. The number of piperidine rings is 1. The van der Waals surface area contributed by atoms with Crippen LogP contribution in [-0.4, -0.2) is 47.3 Å². The minimum Gasteiger partial charge on any atom is -0.378 e. The minimum absolute atomic E-state index is 0.316. The van der Waals surface area contributed by atoms with Gasteiger partial charge in [-0.3, -0.25) is 0 Å². The van der Waals surface area contributed by atoms with Crippen molar-refractivity contribution in [1.29, 1.82) is 0 Å². The lowest BCUT2D eigenvalue weighted by Crippen LogP contribution is -2.34. The van der Waals surface area contributed by atoms with Gasteiger partial charge in [-0.1, -0.05) is 37.3 Å². The molecular formula is C20H29N3O. The molecule has 1 aliphatic heterocycles. The number of rotatable bonds is 7. The first kappa shape index (κ1) is 17.2. The van der Waals surface area contributed by atoms with Crippen molar-refractivity contribution in [2.75, 3.05) is 26.7 Å². The van der Waals surface area contributed by atoms with E-state index in [2.05, 4.69) is 65.0 Å². The number of nitrogens with zero attached hydrogens (tertiary/aromatic N) is 3. The van der Waals surface area contributed by atoms with E-state index >= 15 is 0 Å². The summed E-state index contributed by atoms with van der Waals surface area (Å²) in [4.78, 5) is 6.96. The van der Waals surface area contributed by atoms with Crippen LogP contribution >= 0.6 is 0 Å². The molecule has 24 heavy (non-hydrogen) atoms. The van der Waals surface area contributed by atoms with Crippen LogP contribution in [-0.2, 0) is 11.3 Å². The second kappa shape index (κ2) is 8.45. The Labute approximate surface area is 145 Å². The Bertz CT molecular complexity index is 602. The van der Waals surface area contributed by atoms with Gasteiger partial charge in [0.2, 0.25) is 0 Å². The lowest BCUT2D eigenvalue weighted by atomic mass is 10.0. The molecule has 0 bridgehead atoms. The SMILES string of the molecule is CC(c1ccccc1)c1nccn1CCCOC1CCN(C)CC1. The fourth-order valence-electron chi connectivity index (χ4n) is 3.42. The molecule has 1 aromatic carbocycles. The van der Waals surface area contributed by atoms with Crippen molar-refractivity contribution in [3.63, 3.8) is 0 Å². The van der Waals surface area contributed by atoms with E-state index in [-0.39, 0.29) is 0 Å². The number of imidazole rings is 1. The second-order valence-corrected chi connectivity index (χ2v) is 6.84. The minimum atomic E-state index is 0.316. The Hall–Kier alpha value is -1.65. The molecule has 2 heterocycles. The Balaban J connectivity index is 1.47. The number of hydrogen-bond acceptors (Lipinski definition) is 3. The molecule has 130 valence electrons. The highest BCUT2D eigenvalue weighted by Gasteiger charge is 2.17. The summed E-state index contributed by atoms with van der Waals surface area (Å²) in [5.74, 6) is 1.46. The quantitative estimate of drug-likeness (QED) is 0.729. The van der Waals surface area contributed by atoms with Gasteiger partial charge in [-0.25, -0.2) is 4.98 Å². The van der Waals surface area contributed by atoms with Crippen molar-refractivity contribution in [1.82, 2.24) is 14.5 Å². The summed E-state index contributed by atoms with van der Waals surface area (Å²) in [7, 11) is 2.19. The standard InChI is InChI=1S/C20H29N3O/c1-17(18-7-4-3-5-8-18)20-21-11-15-23(20)12-6-16-24-19-9-13-22(2)14-10-19/h3-5,7-8,11,15,17,19H,6,9-10,12-14,16H2,1-2H3. The largest absolute Gasteiger partial charge is 0.378 e. The summed E-state index contributed by atoms with van der Waals surface area (Å²) in [6.07, 6.45) is 7.82. The van der Waals surface area contributed by atoms with Gasteiger partial charge in [0.1, 0.15) is 5.82 Å². The van der Waals surface area contributed by atoms with Crippen LogP contribution in [0.5, 0.6) is 0 Å². The first-order chi connectivity index (χ1) is 11.7. The van der Waals surface area contributed by atoms with Crippen molar-refractivity contribution in [3.05, 3.63) is 54.1 Å². The number of hydrogen-bond donors (Lipinski definition) is 0. The summed E-state index contributed by atoms with van der Waals surface area (Å²) in [6.45, 7) is 6.35. The fourth-order valence-corrected chi connectivity index (χ4v) is 3.42. The molecule has 4 nitrogen and oxygen atoms in total. The van der Waals surface area contributed by atoms with Crippen molar-refractivity contribution in [2.24, 2.45) is 0 Å². The average Bonchev–Trinajstić information content (AvgIpc) is 3.09. The first-order valence-electron chi connectivity index (χ1n) is 9.10. The maximum atomic E-state index is 6.05. The molecule has 0 radical (unpaired) electrons. The number of aryl methyl sites for hydroxylation is 1. The van der Waals surface area contributed by atoms with Gasteiger partial charge in [0, 0.05) is 44.6 Å². The fraction of sp³-hybridized carbons (Fsp3) is 0.550. The molecule has 2 aromatic rings. The average molecular weight is 327 g/mol. The maximum absolute atomic E-state index is 6.05. The molecule has 0 aliphatic carbocycles. The molecular weight excluding hydrogens is 298 g/mol. The normalized spacial score (nSPS) is 17.9. The van der Waals surface area contributed by atoms with Crippen LogP contribution in [0, 0.1) is 0 Å². The molecule has 0 spiro atoms. The van der Waals surface area contributed by atoms with E-state index in [9.17, 15) is 0 Å². The molecule has 1 aliphatic rings. The topological polar surface area (TPSA) is 30.3 Å². The van der Waals surface area contributed by atoms with Crippen molar-refractivity contribution < 1.29 is 4.74 Å². The van der Waals surface area contributed by atoms with Crippen LogP contribution in [0.4, 0.5) is 0 Å². The van der Waals surface area contributed by atoms with E-state index in [4.69, 9.17) is 4.74 Å². The molecule has 1 saturated heterocycles. The monoisotopic (exact) mass is 327 g/mol. The molecule has 1 atom stereocenters. The van der Waals surface area contributed by atoms with Gasteiger partial charge in [0.15, 0.2) is 0 Å². The second-order valence-electron chi connectivity index (χ2n) is 6.84. The van der Waals surface area contributed by atoms with E-state index in [0.717, 1.165) is 51.3 Å². The number of benzene rings is 1. The molecule has 1 fully saturated rings. The van der Waals surface area contributed by atoms with Crippen LogP contribution in [0.25, 0.3) is 0 Å². The van der Waals surface area contributed by atoms with Gasteiger partial charge in [-0.2, -0.15) is 0 Å². The summed E-state index contributed by atoms with van der Waals surface area (Å²) >= 11 is 0. The first-order valence-corrected chi connectivity index (χ1v) is 9.10. The van der Waals surface area contributed by atoms with Crippen LogP contribution in [0.15, 0.2) is 42.7 Å². The highest BCUT2D eigenvalue weighted by Crippen LogP contribution is 2.22. The van der Waals surface area contributed by atoms with Crippen LogP contribution in [0.3, 0.4) is 0 Å². The smallest absolute Gasteiger partial charge is 0.115 e. The summed E-state index contributed by atoms with van der Waals surface area (Å²) in [5, 5.41) is 0. The molecule has 1 aromatic heterocycles. The number of aromatic nitrogens is 2. The van der Waals surface area contributed by atoms with Crippen LogP contribution in [0.1, 0.15) is 43.5 Å². The van der Waals surface area contributed by atoms with Gasteiger partial charge in [0.25, 0.3) is 0 Å². The van der Waals surface area contributed by atoms with E-state index in [1.54, 1.807) is 0 Å². The Kier molecular flexibility index (Phi) is 6.05. The van der Waals surface area contributed by atoms with E-state index < -0.39 is 0 Å². The molecule has 0 amide bonds. The lowest BCUT2D eigenvalue weighted by Gasteiger charge is -2.28. The highest BCUT2D eigenvalue weighted by molar-refractivity contribution is 5.24. The van der Waals surface area contributed by atoms with Crippen LogP contribution < -0.4 is 0 Å². The zero-order chi connectivity index (χ0) is 16.8. The zero-order valence-corrected chi connectivity index (χ0v) is 14.9. The van der Waals surface area contributed by atoms with Crippen molar-refractivity contribution in [3.8, 4) is 0 Å².